The van der Waals surface area contributed by atoms with Crippen molar-refractivity contribution in [3.63, 3.8) is 0 Å². The highest BCUT2D eigenvalue weighted by atomic mass is 19.2. The summed E-state index contributed by atoms with van der Waals surface area (Å²) in [6, 6.07) is 9.97. The Kier molecular flexibility index (Phi) is 5.07. The Labute approximate surface area is 154 Å². The fourth-order valence-electron chi connectivity index (χ4n) is 2.61. The molecule has 2 aromatic carbocycles. The van der Waals surface area contributed by atoms with E-state index in [9.17, 15) is 13.6 Å². The molecular formula is C19H17F2N3O3. The Balaban J connectivity index is 1.92. The molecule has 0 atom stereocenters. The fourth-order valence-corrected chi connectivity index (χ4v) is 2.61. The molecule has 0 saturated carbocycles. The number of ether oxygens (including phenoxy) is 2. The number of hydrogen-bond acceptors (Lipinski definition) is 4. The number of carbonyl (C=O) groups is 1. The lowest BCUT2D eigenvalue weighted by molar-refractivity contribution is 0.102. The van der Waals surface area contributed by atoms with Gasteiger partial charge in [0.2, 0.25) is 0 Å². The van der Waals surface area contributed by atoms with Crippen LogP contribution in [0.25, 0.3) is 11.3 Å². The highest BCUT2D eigenvalue weighted by Gasteiger charge is 2.18. The monoisotopic (exact) mass is 373 g/mol. The van der Waals surface area contributed by atoms with Crippen LogP contribution in [0.4, 0.5) is 14.5 Å². The summed E-state index contributed by atoms with van der Waals surface area (Å²) in [5, 5.41) is 6.69. The molecule has 0 aliphatic rings. The molecule has 6 nitrogen and oxygen atoms in total. The predicted molar refractivity (Wildman–Crippen MR) is 96.1 cm³/mol. The third-order valence-corrected chi connectivity index (χ3v) is 3.97. The average molecular weight is 373 g/mol. The van der Waals surface area contributed by atoms with E-state index in [-0.39, 0.29) is 11.4 Å². The number of rotatable bonds is 5. The molecule has 1 N–H and O–H groups in total. The van der Waals surface area contributed by atoms with Crippen molar-refractivity contribution >= 4 is 11.6 Å². The Morgan fingerprint density at radius 2 is 1.81 bits per heavy atom. The van der Waals surface area contributed by atoms with Gasteiger partial charge in [0.05, 0.1) is 19.9 Å². The molecule has 140 valence electrons. The van der Waals surface area contributed by atoms with Gasteiger partial charge in [-0.05, 0) is 36.4 Å². The molecule has 0 radical (unpaired) electrons. The van der Waals surface area contributed by atoms with Gasteiger partial charge < -0.3 is 14.8 Å². The van der Waals surface area contributed by atoms with Crippen LogP contribution in [-0.4, -0.2) is 29.9 Å². The molecule has 1 aromatic heterocycles. The van der Waals surface area contributed by atoms with Gasteiger partial charge >= 0.3 is 0 Å². The summed E-state index contributed by atoms with van der Waals surface area (Å²) in [5.74, 6) is -1.37. The third kappa shape index (κ3) is 3.74. The van der Waals surface area contributed by atoms with Gasteiger partial charge in [-0.3, -0.25) is 9.48 Å². The Morgan fingerprint density at radius 3 is 2.48 bits per heavy atom. The highest BCUT2D eigenvalue weighted by Crippen LogP contribution is 2.33. The van der Waals surface area contributed by atoms with Crippen LogP contribution in [0.1, 0.15) is 10.5 Å². The van der Waals surface area contributed by atoms with Crippen LogP contribution < -0.4 is 14.8 Å². The van der Waals surface area contributed by atoms with Crippen molar-refractivity contribution < 1.29 is 23.0 Å². The van der Waals surface area contributed by atoms with Gasteiger partial charge in [-0.1, -0.05) is 0 Å². The summed E-state index contributed by atoms with van der Waals surface area (Å²) in [5.41, 5.74) is 1.56. The van der Waals surface area contributed by atoms with Crippen LogP contribution in [0.2, 0.25) is 0 Å². The maximum atomic E-state index is 13.3. The van der Waals surface area contributed by atoms with Gasteiger partial charge in [-0.2, -0.15) is 5.10 Å². The predicted octanol–water partition coefficient (Wildman–Crippen LogP) is 3.63. The summed E-state index contributed by atoms with van der Waals surface area (Å²) in [4.78, 5) is 12.4. The number of nitrogens with one attached hydrogen (secondary N) is 1. The van der Waals surface area contributed by atoms with E-state index in [1.54, 1.807) is 45.5 Å². The minimum Gasteiger partial charge on any atom is -0.497 e. The topological polar surface area (TPSA) is 65.4 Å². The second kappa shape index (κ2) is 7.45. The molecule has 27 heavy (non-hydrogen) atoms. The number of amides is 1. The van der Waals surface area contributed by atoms with Gasteiger partial charge in [0.25, 0.3) is 5.91 Å². The minimum atomic E-state index is -1.05. The number of methoxy groups -OCH3 is 2. The smallest absolute Gasteiger partial charge is 0.276 e. The first-order chi connectivity index (χ1) is 12.9. The number of anilines is 1. The Morgan fingerprint density at radius 1 is 1.04 bits per heavy atom. The number of aryl methyl sites for hydroxylation is 1. The first-order valence-corrected chi connectivity index (χ1v) is 7.95. The normalized spacial score (nSPS) is 10.6. The zero-order chi connectivity index (χ0) is 19.6. The molecule has 0 bridgehead atoms. The molecule has 1 amide bonds. The van der Waals surface area contributed by atoms with Crippen LogP contribution in [-0.2, 0) is 7.05 Å². The summed E-state index contributed by atoms with van der Waals surface area (Å²) >= 11 is 0. The first-order valence-electron chi connectivity index (χ1n) is 7.95. The van der Waals surface area contributed by atoms with E-state index < -0.39 is 17.5 Å². The van der Waals surface area contributed by atoms with Crippen LogP contribution in [0, 0.1) is 11.6 Å². The molecule has 3 rings (SSSR count). The Hall–Kier alpha value is -3.42. The number of halogens is 2. The van der Waals surface area contributed by atoms with E-state index in [0.717, 1.165) is 12.1 Å². The zero-order valence-corrected chi connectivity index (χ0v) is 14.9. The van der Waals surface area contributed by atoms with Gasteiger partial charge in [-0.15, -0.1) is 0 Å². The van der Waals surface area contributed by atoms with Crippen LogP contribution in [0.5, 0.6) is 11.5 Å². The molecule has 0 saturated heterocycles. The number of benzene rings is 2. The van der Waals surface area contributed by atoms with Crippen LogP contribution >= 0.6 is 0 Å². The number of hydrogen-bond donors (Lipinski definition) is 1. The van der Waals surface area contributed by atoms with Gasteiger partial charge in [0.15, 0.2) is 17.3 Å². The average Bonchev–Trinajstić information content (AvgIpc) is 3.06. The highest BCUT2D eigenvalue weighted by molar-refractivity contribution is 6.03. The second-order valence-corrected chi connectivity index (χ2v) is 5.69. The zero-order valence-electron chi connectivity index (χ0n) is 14.9. The third-order valence-electron chi connectivity index (χ3n) is 3.97. The first kappa shape index (κ1) is 18.4. The quantitative estimate of drug-likeness (QED) is 0.742. The van der Waals surface area contributed by atoms with Crippen molar-refractivity contribution in [1.82, 2.24) is 9.78 Å². The van der Waals surface area contributed by atoms with E-state index >= 15 is 0 Å². The second-order valence-electron chi connectivity index (χ2n) is 5.69. The number of nitrogens with zero attached hydrogens (tertiary/aromatic N) is 2. The van der Waals surface area contributed by atoms with Crippen molar-refractivity contribution in [3.05, 3.63) is 59.8 Å². The van der Waals surface area contributed by atoms with Gasteiger partial charge in [0, 0.05) is 24.4 Å². The fraction of sp³-hybridized carbons (Fsp3) is 0.158. The maximum Gasteiger partial charge on any atom is 0.276 e. The molecule has 0 aliphatic carbocycles. The minimum absolute atomic E-state index is 0.113. The summed E-state index contributed by atoms with van der Waals surface area (Å²) in [6.45, 7) is 0. The summed E-state index contributed by atoms with van der Waals surface area (Å²) < 4.78 is 38.4. The lowest BCUT2D eigenvalue weighted by Crippen LogP contribution is -2.13. The van der Waals surface area contributed by atoms with Gasteiger partial charge in [-0.25, -0.2) is 8.78 Å². The van der Waals surface area contributed by atoms with Crippen molar-refractivity contribution in [2.75, 3.05) is 19.5 Å². The number of carbonyl (C=O) groups excluding carboxylic acids is 1. The molecule has 0 unspecified atom stereocenters. The molecule has 3 aromatic rings. The molecule has 1 heterocycles. The summed E-state index contributed by atoms with van der Waals surface area (Å²) in [6.07, 6.45) is 0. The van der Waals surface area contributed by atoms with Crippen LogP contribution in [0.15, 0.2) is 42.5 Å². The van der Waals surface area contributed by atoms with Crippen molar-refractivity contribution in [2.24, 2.45) is 7.05 Å². The SMILES string of the molecule is COc1ccc(OC)c(-c2cc(C(=O)Nc3ccc(F)c(F)c3)nn2C)c1. The van der Waals surface area contributed by atoms with Crippen molar-refractivity contribution in [2.45, 2.75) is 0 Å². The lowest BCUT2D eigenvalue weighted by atomic mass is 10.1. The largest absolute Gasteiger partial charge is 0.497 e. The van der Waals surface area contributed by atoms with E-state index in [4.69, 9.17) is 9.47 Å². The Bertz CT molecular complexity index is 1000. The van der Waals surface area contributed by atoms with Crippen molar-refractivity contribution in [1.29, 1.82) is 0 Å². The molecular weight excluding hydrogens is 356 g/mol. The van der Waals surface area contributed by atoms with Gasteiger partial charge in [0.1, 0.15) is 11.5 Å². The van der Waals surface area contributed by atoms with Crippen LogP contribution in [0.3, 0.4) is 0 Å². The van der Waals surface area contributed by atoms with E-state index in [1.165, 1.54) is 10.7 Å². The lowest BCUT2D eigenvalue weighted by Gasteiger charge is -2.10. The molecule has 8 heteroatoms. The summed E-state index contributed by atoms with van der Waals surface area (Å²) in [7, 11) is 4.77. The van der Waals surface area contributed by atoms with E-state index in [0.29, 0.717) is 22.8 Å². The molecule has 0 spiro atoms. The number of aromatic nitrogens is 2. The standard InChI is InChI=1S/C19H17F2N3O3/c1-24-17(13-9-12(26-2)5-7-18(13)27-3)10-16(23-24)19(25)22-11-4-6-14(20)15(21)8-11/h4-10H,1-3H3,(H,22,25). The molecule has 0 aliphatic heterocycles. The molecule has 0 fully saturated rings. The van der Waals surface area contributed by atoms with E-state index in [2.05, 4.69) is 10.4 Å². The van der Waals surface area contributed by atoms with Crippen molar-refractivity contribution in [3.8, 4) is 22.8 Å². The maximum absolute atomic E-state index is 13.3. The van der Waals surface area contributed by atoms with E-state index in [1.807, 2.05) is 0 Å².